The van der Waals surface area contributed by atoms with Gasteiger partial charge in [0.2, 0.25) is 0 Å². The van der Waals surface area contributed by atoms with Crippen LogP contribution in [-0.2, 0) is 19.6 Å². The summed E-state index contributed by atoms with van der Waals surface area (Å²) in [4.78, 5) is 12.4. The van der Waals surface area contributed by atoms with Crippen LogP contribution < -0.4 is 5.32 Å². The maximum absolute atomic E-state index is 13.7. The van der Waals surface area contributed by atoms with E-state index in [4.69, 9.17) is 4.55 Å². The summed E-state index contributed by atoms with van der Waals surface area (Å²) in [6.45, 7) is 2.57. The topological polar surface area (TPSA) is 92.7 Å². The summed E-state index contributed by atoms with van der Waals surface area (Å²) >= 11 is 0. The van der Waals surface area contributed by atoms with Crippen molar-refractivity contribution in [1.29, 1.82) is 0 Å². The molecule has 32 heavy (non-hydrogen) atoms. The Bertz CT molecular complexity index is 750. The molecular weight excluding hydrogens is 461 g/mol. The Morgan fingerprint density at radius 2 is 1.56 bits per heavy atom. The highest BCUT2D eigenvalue weighted by Gasteiger charge is 2.66. The molecule has 188 valence electrons. The zero-order chi connectivity index (χ0) is 24.4. The molecule has 0 heterocycles. The summed E-state index contributed by atoms with van der Waals surface area (Å²) in [5, 5.41) is -2.09. The third kappa shape index (κ3) is 6.99. The Labute approximate surface area is 185 Å². The van der Waals surface area contributed by atoms with Crippen molar-refractivity contribution in [2.45, 2.75) is 108 Å². The van der Waals surface area contributed by atoms with Crippen LogP contribution in [0.5, 0.6) is 0 Å². The molecule has 3 atom stereocenters. The third-order valence-corrected chi connectivity index (χ3v) is 7.28. The number of nitrogens with one attached hydrogen (secondary N) is 1. The average molecular weight is 494 g/mol. The fraction of sp³-hybridized carbons (Fsp3) is 0.950. The van der Waals surface area contributed by atoms with E-state index in [0.717, 1.165) is 32.1 Å². The third-order valence-electron chi connectivity index (χ3n) is 6.38. The average Bonchev–Trinajstić information content (AvgIpc) is 2.64. The first-order valence-electron chi connectivity index (χ1n) is 10.9. The molecule has 2 aliphatic carbocycles. The molecule has 0 aromatic heterocycles. The van der Waals surface area contributed by atoms with E-state index in [9.17, 15) is 35.2 Å². The zero-order valence-electron chi connectivity index (χ0n) is 18.3. The van der Waals surface area contributed by atoms with E-state index in [0.29, 0.717) is 12.5 Å². The van der Waals surface area contributed by atoms with Crippen molar-refractivity contribution in [3.8, 4) is 0 Å². The van der Waals surface area contributed by atoms with Crippen molar-refractivity contribution in [3.63, 3.8) is 0 Å². The van der Waals surface area contributed by atoms with E-state index < -0.39 is 39.0 Å². The van der Waals surface area contributed by atoms with Crippen molar-refractivity contribution in [3.05, 3.63) is 0 Å². The van der Waals surface area contributed by atoms with Crippen molar-refractivity contribution in [2.24, 2.45) is 11.3 Å². The van der Waals surface area contributed by atoms with Crippen molar-refractivity contribution >= 4 is 16.1 Å². The van der Waals surface area contributed by atoms with E-state index >= 15 is 0 Å². The van der Waals surface area contributed by atoms with Gasteiger partial charge in [0.15, 0.2) is 0 Å². The lowest BCUT2D eigenvalue weighted by Gasteiger charge is -2.37. The minimum atomic E-state index is -6.46. The second-order valence-corrected chi connectivity index (χ2v) is 11.2. The molecule has 2 saturated carbocycles. The Hall–Kier alpha value is -1.01. The van der Waals surface area contributed by atoms with Gasteiger partial charge in [-0.1, -0.05) is 32.1 Å². The number of carbonyl (C=O) groups is 1. The normalized spacial score (nSPS) is 25.4. The summed E-state index contributed by atoms with van der Waals surface area (Å²) in [5.74, 6) is -1.62. The summed E-state index contributed by atoms with van der Waals surface area (Å²) in [7, 11) is -6.46. The highest BCUT2D eigenvalue weighted by molar-refractivity contribution is 7.86. The van der Waals surface area contributed by atoms with E-state index in [1.807, 2.05) is 0 Å². The van der Waals surface area contributed by atoms with Crippen LogP contribution in [0, 0.1) is 11.3 Å². The highest BCUT2D eigenvalue weighted by atomic mass is 32.2. The molecule has 2 rings (SSSR count). The molecule has 0 bridgehead atoms. The largest absolute Gasteiger partial charge is 0.444 e. The van der Waals surface area contributed by atoms with Crippen LogP contribution in [0.25, 0.3) is 0 Å². The highest BCUT2D eigenvalue weighted by Crippen LogP contribution is 2.41. The number of hydrogen-bond acceptors (Lipinski definition) is 5. The number of halogens is 5. The van der Waals surface area contributed by atoms with Crippen LogP contribution in [0.4, 0.5) is 22.0 Å². The molecule has 2 aliphatic rings. The molecule has 0 radical (unpaired) electrons. The first kappa shape index (κ1) is 27.2. The van der Waals surface area contributed by atoms with Crippen molar-refractivity contribution < 1.29 is 44.5 Å². The van der Waals surface area contributed by atoms with Gasteiger partial charge in [-0.3, -0.25) is 9.35 Å². The second kappa shape index (κ2) is 10.1. The predicted octanol–water partition coefficient (Wildman–Crippen LogP) is 4.84. The molecule has 2 N–H and O–H groups in total. The molecule has 6 nitrogen and oxygen atoms in total. The monoisotopic (exact) mass is 493 g/mol. The van der Waals surface area contributed by atoms with Gasteiger partial charge in [0.25, 0.3) is 6.10 Å². The summed E-state index contributed by atoms with van der Waals surface area (Å²) in [6, 6.07) is 0.649. The number of esters is 1. The number of hydrogen-bond donors (Lipinski definition) is 2. The number of carbonyl (C=O) groups excluding carboxylic acids is 1. The molecule has 0 aromatic rings. The fourth-order valence-corrected chi connectivity index (χ4v) is 5.22. The van der Waals surface area contributed by atoms with Crippen LogP contribution in [0.1, 0.15) is 78.1 Å². The van der Waals surface area contributed by atoms with Gasteiger partial charge in [-0.15, -0.1) is 0 Å². The van der Waals surface area contributed by atoms with Gasteiger partial charge in [-0.25, -0.2) is 0 Å². The maximum atomic E-state index is 13.7. The molecule has 12 heteroatoms. The Morgan fingerprint density at radius 1 is 1.00 bits per heavy atom. The van der Waals surface area contributed by atoms with Crippen LogP contribution in [0.15, 0.2) is 0 Å². The number of rotatable bonds is 8. The van der Waals surface area contributed by atoms with Crippen molar-refractivity contribution in [2.75, 3.05) is 0 Å². The van der Waals surface area contributed by atoms with E-state index in [2.05, 4.69) is 10.1 Å². The van der Waals surface area contributed by atoms with Gasteiger partial charge < -0.3 is 10.1 Å². The molecule has 0 amide bonds. The minimum absolute atomic E-state index is 0.0289. The SMILES string of the molecule is CC(C)(CC1CCCC(NC2CCCCC2)C1)C(=O)OC(C(F)(F)F)C(F)(F)S(=O)(=O)O. The molecular formula is C20H32F5NO5S. The Morgan fingerprint density at radius 3 is 2.09 bits per heavy atom. The molecule has 0 aliphatic heterocycles. The van der Waals surface area contributed by atoms with Crippen LogP contribution in [0.2, 0.25) is 0 Å². The maximum Gasteiger partial charge on any atom is 0.432 e. The van der Waals surface area contributed by atoms with Gasteiger partial charge in [0.1, 0.15) is 0 Å². The molecule has 0 aromatic carbocycles. The first-order chi connectivity index (χ1) is 14.5. The van der Waals surface area contributed by atoms with Crippen molar-refractivity contribution in [1.82, 2.24) is 5.32 Å². The lowest BCUT2D eigenvalue weighted by Crippen LogP contribution is -2.53. The van der Waals surface area contributed by atoms with Gasteiger partial charge in [-0.05, 0) is 51.9 Å². The van der Waals surface area contributed by atoms with Gasteiger partial charge in [0, 0.05) is 12.1 Å². The number of alkyl halides is 5. The predicted molar refractivity (Wildman–Crippen MR) is 107 cm³/mol. The van der Waals surface area contributed by atoms with E-state index in [1.54, 1.807) is 0 Å². The van der Waals surface area contributed by atoms with Crippen LogP contribution in [-0.4, -0.2) is 48.6 Å². The van der Waals surface area contributed by atoms with Gasteiger partial charge in [-0.2, -0.15) is 30.4 Å². The lowest BCUT2D eigenvalue weighted by molar-refractivity contribution is -0.262. The number of ether oxygens (including phenoxy) is 1. The summed E-state index contributed by atoms with van der Waals surface area (Å²) < 4.78 is 101. The minimum Gasteiger partial charge on any atom is -0.444 e. The fourth-order valence-electron chi connectivity index (χ4n) is 4.76. The molecule has 3 unspecified atom stereocenters. The second-order valence-electron chi connectivity index (χ2n) is 9.68. The van der Waals surface area contributed by atoms with E-state index in [1.165, 1.54) is 33.1 Å². The first-order valence-corrected chi connectivity index (χ1v) is 12.4. The zero-order valence-corrected chi connectivity index (χ0v) is 19.1. The Kier molecular flexibility index (Phi) is 8.58. The molecule has 0 spiro atoms. The standard InChI is InChI=1S/C20H32F5NO5S/c1-18(2,17(27)31-16(19(21,22)23)20(24,25)32(28,29)30)12-13-7-6-10-15(11-13)26-14-8-4-3-5-9-14/h13-16,26H,3-12H2,1-2H3,(H,28,29,30). The van der Waals surface area contributed by atoms with Crippen LogP contribution in [0.3, 0.4) is 0 Å². The lowest BCUT2D eigenvalue weighted by atomic mass is 9.75. The smallest absolute Gasteiger partial charge is 0.432 e. The molecule has 2 fully saturated rings. The van der Waals surface area contributed by atoms with Gasteiger partial charge in [0.05, 0.1) is 5.41 Å². The Balaban J connectivity index is 2.03. The quantitative estimate of drug-likeness (QED) is 0.286. The molecule has 0 saturated heterocycles. The van der Waals surface area contributed by atoms with Gasteiger partial charge >= 0.3 is 27.5 Å². The summed E-state index contributed by atoms with van der Waals surface area (Å²) in [6.07, 6.45) is -1.08. The van der Waals surface area contributed by atoms with Crippen LogP contribution >= 0.6 is 0 Å². The van der Waals surface area contributed by atoms with E-state index in [-0.39, 0.29) is 18.4 Å². The summed E-state index contributed by atoms with van der Waals surface area (Å²) in [5.41, 5.74) is -1.56.